The number of Topliss-reactive ketones (excluding diaryl/α,β-unsaturated/α-hetero) is 1. The molecule has 0 amide bonds. The van der Waals surface area contributed by atoms with Crippen LogP contribution >= 0.6 is 22.6 Å². The summed E-state index contributed by atoms with van der Waals surface area (Å²) in [5.41, 5.74) is -1.94. The molecule has 160 valence electrons. The Kier molecular flexibility index (Phi) is 6.53. The standard InChI is InChI=1S/C19H18FIN2O7/c1-19(2)29-14(16(30-19)23-9-11(20)15(25)22-18(23)27)13(12(24)8-21)28-17(26)10-6-4-3-5-7-10/h3-7,9,13-14,16H,8H2,1-2H3,(H,22,25,27)/t13-,14-,16+/m1/s1. The van der Waals surface area contributed by atoms with Crippen molar-refractivity contribution in [3.63, 3.8) is 0 Å². The highest BCUT2D eigenvalue weighted by molar-refractivity contribution is 14.1. The van der Waals surface area contributed by atoms with Gasteiger partial charge in [-0.1, -0.05) is 40.8 Å². The molecule has 30 heavy (non-hydrogen) atoms. The Labute approximate surface area is 183 Å². The van der Waals surface area contributed by atoms with E-state index in [0.717, 1.165) is 4.57 Å². The van der Waals surface area contributed by atoms with Crippen LogP contribution in [-0.4, -0.2) is 43.7 Å². The maximum atomic E-state index is 13.8. The lowest BCUT2D eigenvalue weighted by molar-refractivity contribution is -0.162. The quantitative estimate of drug-likeness (QED) is 0.341. The van der Waals surface area contributed by atoms with Crippen molar-refractivity contribution in [2.24, 2.45) is 0 Å². The Hall–Kier alpha value is -2.38. The number of aromatic nitrogens is 2. The van der Waals surface area contributed by atoms with Gasteiger partial charge in [0.05, 0.1) is 16.2 Å². The maximum Gasteiger partial charge on any atom is 0.338 e. The molecule has 1 saturated heterocycles. The monoisotopic (exact) mass is 532 g/mol. The first-order chi connectivity index (χ1) is 14.1. The number of benzene rings is 1. The van der Waals surface area contributed by atoms with Gasteiger partial charge in [-0.2, -0.15) is 4.39 Å². The lowest BCUT2D eigenvalue weighted by Gasteiger charge is -2.25. The minimum absolute atomic E-state index is 0.0214. The number of hydrogen-bond donors (Lipinski definition) is 1. The second kappa shape index (κ2) is 8.78. The first-order valence-electron chi connectivity index (χ1n) is 8.84. The van der Waals surface area contributed by atoms with Gasteiger partial charge in [0.1, 0.15) is 0 Å². The van der Waals surface area contributed by atoms with E-state index in [9.17, 15) is 23.6 Å². The summed E-state index contributed by atoms with van der Waals surface area (Å²) in [6.45, 7) is 3.05. The van der Waals surface area contributed by atoms with E-state index in [1.54, 1.807) is 18.2 Å². The number of carbonyl (C=O) groups is 2. The molecule has 0 spiro atoms. The average Bonchev–Trinajstić information content (AvgIpc) is 3.03. The highest BCUT2D eigenvalue weighted by atomic mass is 127. The lowest BCUT2D eigenvalue weighted by Crippen LogP contribution is -2.46. The summed E-state index contributed by atoms with van der Waals surface area (Å²) < 4.78 is 31.5. The number of rotatable bonds is 6. The molecule has 3 rings (SSSR count). The normalized spacial score (nSPS) is 21.2. The smallest absolute Gasteiger partial charge is 0.338 e. The number of esters is 1. The number of ether oxygens (including phenoxy) is 3. The van der Waals surface area contributed by atoms with Crippen LogP contribution in [0.3, 0.4) is 0 Å². The third-order valence-corrected chi connectivity index (χ3v) is 5.05. The van der Waals surface area contributed by atoms with Crippen LogP contribution < -0.4 is 11.2 Å². The van der Waals surface area contributed by atoms with Gasteiger partial charge in [0.25, 0.3) is 5.56 Å². The summed E-state index contributed by atoms with van der Waals surface area (Å²) in [4.78, 5) is 50.6. The Morgan fingerprint density at radius 1 is 1.27 bits per heavy atom. The number of ketones is 1. The van der Waals surface area contributed by atoms with Crippen LogP contribution in [0.25, 0.3) is 0 Å². The van der Waals surface area contributed by atoms with Crippen molar-refractivity contribution in [3.8, 4) is 0 Å². The Balaban J connectivity index is 2.01. The zero-order valence-corrected chi connectivity index (χ0v) is 18.1. The van der Waals surface area contributed by atoms with Crippen molar-refractivity contribution in [2.75, 3.05) is 4.43 Å². The molecule has 0 radical (unpaired) electrons. The number of nitrogens with zero attached hydrogens (tertiary/aromatic N) is 1. The van der Waals surface area contributed by atoms with Gasteiger partial charge >= 0.3 is 11.7 Å². The Bertz CT molecular complexity index is 1070. The van der Waals surface area contributed by atoms with Crippen molar-refractivity contribution in [3.05, 3.63) is 68.7 Å². The van der Waals surface area contributed by atoms with E-state index < -0.39 is 53.0 Å². The van der Waals surface area contributed by atoms with Crippen molar-refractivity contribution >= 4 is 34.3 Å². The van der Waals surface area contributed by atoms with Gasteiger partial charge in [-0.3, -0.25) is 19.1 Å². The van der Waals surface area contributed by atoms with Crippen molar-refractivity contribution in [1.29, 1.82) is 0 Å². The summed E-state index contributed by atoms with van der Waals surface area (Å²) >= 11 is 1.81. The highest BCUT2D eigenvalue weighted by Crippen LogP contribution is 2.37. The van der Waals surface area contributed by atoms with Crippen LogP contribution in [0.5, 0.6) is 0 Å². The van der Waals surface area contributed by atoms with Crippen molar-refractivity contribution < 1.29 is 28.2 Å². The molecule has 0 saturated carbocycles. The number of halogens is 2. The van der Waals surface area contributed by atoms with Crippen molar-refractivity contribution in [2.45, 2.75) is 38.1 Å². The molecule has 0 unspecified atom stereocenters. The zero-order valence-electron chi connectivity index (χ0n) is 16.0. The van der Waals surface area contributed by atoms with Gasteiger partial charge < -0.3 is 14.2 Å². The summed E-state index contributed by atoms with van der Waals surface area (Å²) in [5, 5.41) is 0. The summed E-state index contributed by atoms with van der Waals surface area (Å²) in [6.07, 6.45) is -3.38. The largest absolute Gasteiger partial charge is 0.448 e. The van der Waals surface area contributed by atoms with Gasteiger partial charge in [0, 0.05) is 0 Å². The van der Waals surface area contributed by atoms with E-state index in [1.165, 1.54) is 26.0 Å². The molecule has 9 nitrogen and oxygen atoms in total. The van der Waals surface area contributed by atoms with Gasteiger partial charge in [0.2, 0.25) is 5.82 Å². The number of nitrogens with one attached hydrogen (secondary N) is 1. The number of aromatic amines is 1. The van der Waals surface area contributed by atoms with Gasteiger partial charge in [-0.15, -0.1) is 0 Å². The number of carbonyl (C=O) groups excluding carboxylic acids is 2. The second-order valence-corrected chi connectivity index (χ2v) is 7.69. The van der Waals surface area contributed by atoms with E-state index >= 15 is 0 Å². The maximum absolute atomic E-state index is 13.8. The van der Waals surface area contributed by atoms with E-state index in [4.69, 9.17) is 14.2 Å². The molecule has 1 aliphatic rings. The molecule has 11 heteroatoms. The van der Waals surface area contributed by atoms with Crippen molar-refractivity contribution in [1.82, 2.24) is 9.55 Å². The Morgan fingerprint density at radius 2 is 1.93 bits per heavy atom. The van der Waals surface area contributed by atoms with Crippen LogP contribution in [0, 0.1) is 5.82 Å². The molecule has 1 N–H and O–H groups in total. The van der Waals surface area contributed by atoms with Gasteiger partial charge in [-0.25, -0.2) is 9.59 Å². The Morgan fingerprint density at radius 3 is 2.57 bits per heavy atom. The van der Waals surface area contributed by atoms with Crippen LogP contribution in [-0.2, 0) is 19.0 Å². The number of hydrogen-bond acceptors (Lipinski definition) is 7. The highest BCUT2D eigenvalue weighted by Gasteiger charge is 2.50. The minimum atomic E-state index is -1.44. The van der Waals surface area contributed by atoms with E-state index in [2.05, 4.69) is 0 Å². The zero-order chi connectivity index (χ0) is 22.1. The fraction of sp³-hybridized carbons (Fsp3) is 0.368. The lowest BCUT2D eigenvalue weighted by atomic mass is 10.1. The molecule has 1 aromatic heterocycles. The van der Waals surface area contributed by atoms with Gasteiger partial charge in [0.15, 0.2) is 30.0 Å². The first-order valence-corrected chi connectivity index (χ1v) is 10.4. The SMILES string of the molecule is CC1(C)O[C@H]([C@H](OC(=O)c2ccccc2)C(=O)CI)[C@@H](n2cc(F)c(=O)[nH]c2=O)O1. The van der Waals surface area contributed by atoms with E-state index in [0.29, 0.717) is 6.20 Å². The molecule has 2 aromatic rings. The predicted molar refractivity (Wildman–Crippen MR) is 110 cm³/mol. The average molecular weight is 532 g/mol. The second-order valence-electron chi connectivity index (χ2n) is 6.93. The summed E-state index contributed by atoms with van der Waals surface area (Å²) in [5.74, 6) is -3.77. The molecule has 1 fully saturated rings. The van der Waals surface area contributed by atoms with Crippen LogP contribution in [0.1, 0.15) is 30.4 Å². The molecular formula is C19H18FIN2O7. The van der Waals surface area contributed by atoms with E-state index in [1.807, 2.05) is 27.6 Å². The predicted octanol–water partition coefficient (Wildman–Crippen LogP) is 1.56. The molecule has 2 heterocycles. The number of H-pyrrole nitrogens is 1. The fourth-order valence-electron chi connectivity index (χ4n) is 3.00. The topological polar surface area (TPSA) is 117 Å². The first kappa shape index (κ1) is 22.3. The summed E-state index contributed by atoms with van der Waals surface area (Å²) in [6, 6.07) is 8.02. The molecule has 3 atom stereocenters. The third-order valence-electron chi connectivity index (χ3n) is 4.29. The molecule has 0 aliphatic carbocycles. The van der Waals surface area contributed by atoms with E-state index in [-0.39, 0.29) is 9.99 Å². The third kappa shape index (κ3) is 4.68. The number of alkyl halides is 1. The fourth-order valence-corrected chi connectivity index (χ4v) is 3.43. The van der Waals surface area contributed by atoms with Gasteiger partial charge in [-0.05, 0) is 26.0 Å². The molecule has 1 aromatic carbocycles. The van der Waals surface area contributed by atoms with Crippen LogP contribution in [0.4, 0.5) is 4.39 Å². The van der Waals surface area contributed by atoms with Crippen LogP contribution in [0.2, 0.25) is 0 Å². The molecule has 0 bridgehead atoms. The summed E-state index contributed by atoms with van der Waals surface area (Å²) in [7, 11) is 0. The minimum Gasteiger partial charge on any atom is -0.448 e. The molecular weight excluding hydrogens is 514 g/mol. The molecule has 1 aliphatic heterocycles. The van der Waals surface area contributed by atoms with Crippen LogP contribution in [0.15, 0.2) is 46.1 Å².